The lowest BCUT2D eigenvalue weighted by Gasteiger charge is -2.03. The molecule has 0 atom stereocenters. The highest BCUT2D eigenvalue weighted by Gasteiger charge is 2.30. The standard InChI is InChI=1S/C15H14FNO/c16-14-3-1-2-11(8-14)9-17-7-6-13(10-17)15(18)12-4-5-12/h1-3,6-8,10,12H,4-5,9H2. The molecule has 1 heterocycles. The van der Waals surface area contributed by atoms with Crippen molar-refractivity contribution in [3.8, 4) is 0 Å². The van der Waals surface area contributed by atoms with Crippen LogP contribution in [-0.4, -0.2) is 10.4 Å². The first-order valence-corrected chi connectivity index (χ1v) is 6.17. The molecule has 18 heavy (non-hydrogen) atoms. The molecule has 1 fully saturated rings. The molecule has 0 N–H and O–H groups in total. The molecule has 0 radical (unpaired) electrons. The van der Waals surface area contributed by atoms with Gasteiger partial charge in [0.15, 0.2) is 5.78 Å². The number of benzene rings is 1. The van der Waals surface area contributed by atoms with E-state index in [1.165, 1.54) is 12.1 Å². The van der Waals surface area contributed by atoms with Gasteiger partial charge in [-0.2, -0.15) is 0 Å². The number of carbonyl (C=O) groups excluding carboxylic acids is 1. The van der Waals surface area contributed by atoms with Gasteiger partial charge in [0.25, 0.3) is 0 Å². The van der Waals surface area contributed by atoms with Crippen LogP contribution in [0.25, 0.3) is 0 Å². The van der Waals surface area contributed by atoms with Gasteiger partial charge in [0.2, 0.25) is 0 Å². The van der Waals surface area contributed by atoms with Gasteiger partial charge < -0.3 is 4.57 Å². The van der Waals surface area contributed by atoms with Crippen LogP contribution in [0.1, 0.15) is 28.8 Å². The van der Waals surface area contributed by atoms with E-state index in [4.69, 9.17) is 0 Å². The number of Topliss-reactive ketones (excluding diaryl/α,β-unsaturated/α-hetero) is 1. The zero-order valence-corrected chi connectivity index (χ0v) is 9.97. The van der Waals surface area contributed by atoms with Crippen LogP contribution in [0, 0.1) is 11.7 Å². The molecule has 0 bridgehead atoms. The number of ketones is 1. The highest BCUT2D eigenvalue weighted by molar-refractivity contribution is 5.99. The number of rotatable bonds is 4. The lowest BCUT2D eigenvalue weighted by Crippen LogP contribution is -2.01. The number of aromatic nitrogens is 1. The van der Waals surface area contributed by atoms with Crippen molar-refractivity contribution in [2.45, 2.75) is 19.4 Å². The van der Waals surface area contributed by atoms with Crippen LogP contribution in [0.5, 0.6) is 0 Å². The zero-order chi connectivity index (χ0) is 12.5. The van der Waals surface area contributed by atoms with E-state index in [-0.39, 0.29) is 17.5 Å². The first kappa shape index (κ1) is 11.2. The third-order valence-corrected chi connectivity index (χ3v) is 3.24. The van der Waals surface area contributed by atoms with E-state index in [0.717, 1.165) is 24.0 Å². The molecule has 3 rings (SSSR count). The molecule has 0 saturated heterocycles. The summed E-state index contributed by atoms with van der Waals surface area (Å²) in [6, 6.07) is 8.37. The smallest absolute Gasteiger partial charge is 0.167 e. The van der Waals surface area contributed by atoms with Crippen LogP contribution in [0.4, 0.5) is 4.39 Å². The monoisotopic (exact) mass is 243 g/mol. The Hall–Kier alpha value is -1.90. The first-order chi connectivity index (χ1) is 8.72. The molecule has 1 saturated carbocycles. The minimum Gasteiger partial charge on any atom is -0.349 e. The Morgan fingerprint density at radius 3 is 2.89 bits per heavy atom. The highest BCUT2D eigenvalue weighted by Crippen LogP contribution is 2.32. The van der Waals surface area contributed by atoms with Crippen LogP contribution in [-0.2, 0) is 6.54 Å². The Bertz CT molecular complexity index is 584. The predicted octanol–water partition coefficient (Wildman–Crippen LogP) is 3.27. The number of halogens is 1. The first-order valence-electron chi connectivity index (χ1n) is 6.17. The van der Waals surface area contributed by atoms with Gasteiger partial charge in [-0.3, -0.25) is 4.79 Å². The van der Waals surface area contributed by atoms with E-state index in [9.17, 15) is 9.18 Å². The summed E-state index contributed by atoms with van der Waals surface area (Å²) < 4.78 is 15.0. The molecule has 0 unspecified atom stereocenters. The maximum Gasteiger partial charge on any atom is 0.167 e. The number of hydrogen-bond acceptors (Lipinski definition) is 1. The quantitative estimate of drug-likeness (QED) is 0.755. The summed E-state index contributed by atoms with van der Waals surface area (Å²) in [5, 5.41) is 0. The normalized spacial score (nSPS) is 14.7. The molecule has 2 aromatic rings. The van der Waals surface area contributed by atoms with Gasteiger partial charge in [0.1, 0.15) is 5.82 Å². The van der Waals surface area contributed by atoms with E-state index in [0.29, 0.717) is 6.54 Å². The minimum absolute atomic E-state index is 0.228. The Balaban J connectivity index is 1.75. The number of hydrogen-bond donors (Lipinski definition) is 0. The van der Waals surface area contributed by atoms with E-state index in [2.05, 4.69) is 0 Å². The summed E-state index contributed by atoms with van der Waals surface area (Å²) >= 11 is 0. The summed E-state index contributed by atoms with van der Waals surface area (Å²) in [4.78, 5) is 11.9. The van der Waals surface area contributed by atoms with Gasteiger partial charge in [-0.1, -0.05) is 12.1 Å². The van der Waals surface area contributed by atoms with E-state index in [1.807, 2.05) is 29.1 Å². The summed E-state index contributed by atoms with van der Waals surface area (Å²) in [5.41, 5.74) is 1.67. The SMILES string of the molecule is O=C(c1ccn(Cc2cccc(F)c2)c1)C1CC1. The molecule has 92 valence electrons. The van der Waals surface area contributed by atoms with E-state index < -0.39 is 0 Å². The Labute approximate surface area is 105 Å². The molecule has 2 nitrogen and oxygen atoms in total. The van der Waals surface area contributed by atoms with Crippen LogP contribution < -0.4 is 0 Å². The Morgan fingerprint density at radius 1 is 1.33 bits per heavy atom. The summed E-state index contributed by atoms with van der Waals surface area (Å²) in [6.45, 7) is 0.593. The molecule has 1 aliphatic carbocycles. The van der Waals surface area contributed by atoms with Crippen molar-refractivity contribution in [2.75, 3.05) is 0 Å². The van der Waals surface area contributed by atoms with Gasteiger partial charge in [-0.05, 0) is 36.6 Å². The Morgan fingerprint density at radius 2 is 2.17 bits per heavy atom. The maximum absolute atomic E-state index is 13.1. The number of nitrogens with zero attached hydrogens (tertiary/aromatic N) is 1. The fourth-order valence-electron chi connectivity index (χ4n) is 2.11. The lowest BCUT2D eigenvalue weighted by atomic mass is 10.1. The Kier molecular flexibility index (Phi) is 2.74. The molecule has 0 spiro atoms. The second-order valence-electron chi connectivity index (χ2n) is 4.84. The lowest BCUT2D eigenvalue weighted by molar-refractivity contribution is 0.0967. The molecule has 0 amide bonds. The summed E-state index contributed by atoms with van der Waals surface area (Å²) in [6.07, 6.45) is 5.77. The summed E-state index contributed by atoms with van der Waals surface area (Å²) in [5.74, 6) is 0.261. The fourth-order valence-corrected chi connectivity index (χ4v) is 2.11. The van der Waals surface area contributed by atoms with Crippen LogP contribution in [0.15, 0.2) is 42.7 Å². The zero-order valence-electron chi connectivity index (χ0n) is 9.97. The molecule has 1 aromatic carbocycles. The molecule has 1 aromatic heterocycles. The van der Waals surface area contributed by atoms with E-state index in [1.54, 1.807) is 6.07 Å². The molecular formula is C15H14FNO. The van der Waals surface area contributed by atoms with Crippen molar-refractivity contribution in [2.24, 2.45) is 5.92 Å². The third kappa shape index (κ3) is 2.35. The fraction of sp³-hybridized carbons (Fsp3) is 0.267. The molecule has 1 aliphatic rings. The van der Waals surface area contributed by atoms with Crippen LogP contribution >= 0.6 is 0 Å². The van der Waals surface area contributed by atoms with Gasteiger partial charge in [0, 0.05) is 30.4 Å². The average molecular weight is 243 g/mol. The van der Waals surface area contributed by atoms with Crippen molar-refractivity contribution >= 4 is 5.78 Å². The average Bonchev–Trinajstić information content (AvgIpc) is 3.09. The molecular weight excluding hydrogens is 229 g/mol. The largest absolute Gasteiger partial charge is 0.349 e. The van der Waals surface area contributed by atoms with Crippen molar-refractivity contribution in [3.63, 3.8) is 0 Å². The van der Waals surface area contributed by atoms with Gasteiger partial charge in [0.05, 0.1) is 0 Å². The van der Waals surface area contributed by atoms with E-state index >= 15 is 0 Å². The van der Waals surface area contributed by atoms with Gasteiger partial charge in [-0.15, -0.1) is 0 Å². The maximum atomic E-state index is 13.1. The minimum atomic E-state index is -0.228. The highest BCUT2D eigenvalue weighted by atomic mass is 19.1. The van der Waals surface area contributed by atoms with Crippen molar-refractivity contribution in [1.29, 1.82) is 0 Å². The molecule has 0 aliphatic heterocycles. The third-order valence-electron chi connectivity index (χ3n) is 3.24. The molecule has 3 heteroatoms. The van der Waals surface area contributed by atoms with Crippen molar-refractivity contribution < 1.29 is 9.18 Å². The second-order valence-corrected chi connectivity index (χ2v) is 4.84. The van der Waals surface area contributed by atoms with Gasteiger partial charge >= 0.3 is 0 Å². The summed E-state index contributed by atoms with van der Waals surface area (Å²) in [7, 11) is 0. The van der Waals surface area contributed by atoms with Crippen LogP contribution in [0.3, 0.4) is 0 Å². The van der Waals surface area contributed by atoms with Crippen LogP contribution in [0.2, 0.25) is 0 Å². The van der Waals surface area contributed by atoms with Crippen molar-refractivity contribution in [1.82, 2.24) is 4.57 Å². The number of carbonyl (C=O) groups is 1. The predicted molar refractivity (Wildman–Crippen MR) is 67.0 cm³/mol. The van der Waals surface area contributed by atoms with Crippen molar-refractivity contribution in [3.05, 3.63) is 59.7 Å². The van der Waals surface area contributed by atoms with Gasteiger partial charge in [-0.25, -0.2) is 4.39 Å². The second kappa shape index (κ2) is 4.41. The topological polar surface area (TPSA) is 22.0 Å².